The topological polar surface area (TPSA) is 52.0 Å². The lowest BCUT2D eigenvalue weighted by Crippen LogP contribution is -2.23. The Morgan fingerprint density at radius 1 is 1.56 bits per heavy atom. The number of ketones is 2. The van der Waals surface area contributed by atoms with Crippen molar-refractivity contribution in [3.8, 4) is 0 Å². The zero-order valence-corrected chi connectivity index (χ0v) is 9.69. The van der Waals surface area contributed by atoms with Crippen molar-refractivity contribution in [1.29, 1.82) is 0 Å². The Bertz CT molecular complexity index is 434. The van der Waals surface area contributed by atoms with E-state index in [1.807, 2.05) is 14.0 Å². The minimum Gasteiger partial charge on any atom is -0.300 e. The van der Waals surface area contributed by atoms with Crippen molar-refractivity contribution in [1.82, 2.24) is 9.78 Å². The third-order valence-electron chi connectivity index (χ3n) is 3.35. The number of rotatable bonds is 2. The van der Waals surface area contributed by atoms with E-state index in [-0.39, 0.29) is 17.5 Å². The highest BCUT2D eigenvalue weighted by molar-refractivity contribution is 6.01. The van der Waals surface area contributed by atoms with E-state index in [1.54, 1.807) is 10.9 Å². The highest BCUT2D eigenvalue weighted by Crippen LogP contribution is 2.25. The number of carbonyl (C=O) groups is 2. The van der Waals surface area contributed by atoms with Gasteiger partial charge >= 0.3 is 0 Å². The molecule has 4 nitrogen and oxygen atoms in total. The van der Waals surface area contributed by atoms with Crippen molar-refractivity contribution in [3.05, 3.63) is 17.5 Å². The van der Waals surface area contributed by atoms with Crippen LogP contribution in [0.15, 0.2) is 6.20 Å². The molecule has 1 atom stereocenters. The largest absolute Gasteiger partial charge is 0.300 e. The van der Waals surface area contributed by atoms with Gasteiger partial charge in [-0.25, -0.2) is 0 Å². The summed E-state index contributed by atoms with van der Waals surface area (Å²) in [5.74, 6) is 0.175. The van der Waals surface area contributed by atoms with Gasteiger partial charge in [-0.3, -0.25) is 14.3 Å². The molecule has 0 radical (unpaired) electrons. The van der Waals surface area contributed by atoms with Crippen LogP contribution in [0.3, 0.4) is 0 Å². The fourth-order valence-corrected chi connectivity index (χ4v) is 2.21. The molecule has 0 bridgehead atoms. The molecule has 1 aromatic heterocycles. The maximum Gasteiger partial charge on any atom is 0.169 e. The normalized spacial score (nSPS) is 21.1. The highest BCUT2D eigenvalue weighted by atomic mass is 16.1. The van der Waals surface area contributed by atoms with Crippen molar-refractivity contribution >= 4 is 11.6 Å². The van der Waals surface area contributed by atoms with E-state index in [4.69, 9.17) is 0 Å². The molecular formula is C12H16N2O2. The zero-order valence-electron chi connectivity index (χ0n) is 9.69. The maximum atomic E-state index is 12.2. The first kappa shape index (κ1) is 11.0. The average Bonchev–Trinajstić information content (AvgIpc) is 2.59. The summed E-state index contributed by atoms with van der Waals surface area (Å²) in [6.07, 6.45) is 4.33. The lowest BCUT2D eigenvalue weighted by molar-refractivity contribution is -0.121. The van der Waals surface area contributed by atoms with Gasteiger partial charge < -0.3 is 0 Å². The molecule has 0 amide bonds. The molecule has 1 saturated carbocycles. The van der Waals surface area contributed by atoms with Crippen LogP contribution < -0.4 is 0 Å². The van der Waals surface area contributed by atoms with E-state index >= 15 is 0 Å². The molecule has 0 aromatic carbocycles. The Labute approximate surface area is 94.6 Å². The van der Waals surface area contributed by atoms with Crippen LogP contribution in [0.4, 0.5) is 0 Å². The summed E-state index contributed by atoms with van der Waals surface area (Å²) in [6, 6.07) is 0. The molecule has 1 aliphatic rings. The number of aryl methyl sites for hydroxylation is 1. The van der Waals surface area contributed by atoms with Crippen molar-refractivity contribution in [2.75, 3.05) is 0 Å². The van der Waals surface area contributed by atoms with Gasteiger partial charge in [-0.2, -0.15) is 5.10 Å². The maximum absolute atomic E-state index is 12.2. The lowest BCUT2D eigenvalue weighted by Gasteiger charge is -2.19. The van der Waals surface area contributed by atoms with E-state index in [2.05, 4.69) is 5.10 Å². The number of carbonyl (C=O) groups excluding carboxylic acids is 2. The van der Waals surface area contributed by atoms with Gasteiger partial charge in [-0.1, -0.05) is 0 Å². The van der Waals surface area contributed by atoms with E-state index in [9.17, 15) is 9.59 Å². The molecular weight excluding hydrogens is 204 g/mol. The molecule has 86 valence electrons. The predicted molar refractivity (Wildman–Crippen MR) is 59.2 cm³/mol. The van der Waals surface area contributed by atoms with Crippen molar-refractivity contribution in [3.63, 3.8) is 0 Å². The monoisotopic (exact) mass is 220 g/mol. The standard InChI is InChI=1S/C12H16N2O2/c1-8-11(7-13-14(8)2)12(16)9-4-3-5-10(15)6-9/h7,9H,3-6H2,1-2H3. The van der Waals surface area contributed by atoms with Crippen LogP contribution in [0.5, 0.6) is 0 Å². The quantitative estimate of drug-likeness (QED) is 0.712. The molecule has 1 fully saturated rings. The third kappa shape index (κ3) is 1.92. The van der Waals surface area contributed by atoms with Gasteiger partial charge in [0.25, 0.3) is 0 Å². The zero-order chi connectivity index (χ0) is 11.7. The van der Waals surface area contributed by atoms with Crippen LogP contribution in [0, 0.1) is 12.8 Å². The molecule has 0 N–H and O–H groups in total. The number of aromatic nitrogens is 2. The van der Waals surface area contributed by atoms with Crippen LogP contribution in [-0.2, 0) is 11.8 Å². The van der Waals surface area contributed by atoms with Gasteiger partial charge in [0.05, 0.1) is 11.8 Å². The number of Topliss-reactive ketones (excluding diaryl/α,β-unsaturated/α-hetero) is 2. The first-order valence-electron chi connectivity index (χ1n) is 5.64. The summed E-state index contributed by atoms with van der Waals surface area (Å²) in [6.45, 7) is 1.88. The van der Waals surface area contributed by atoms with E-state index in [1.165, 1.54) is 0 Å². The smallest absolute Gasteiger partial charge is 0.169 e. The second-order valence-electron chi connectivity index (χ2n) is 4.46. The lowest BCUT2D eigenvalue weighted by atomic mass is 9.83. The summed E-state index contributed by atoms with van der Waals surface area (Å²) in [5, 5.41) is 4.06. The predicted octanol–water partition coefficient (Wildman–Crippen LogP) is 1.67. The Morgan fingerprint density at radius 2 is 2.31 bits per heavy atom. The molecule has 0 saturated heterocycles. The summed E-state index contributed by atoms with van der Waals surface area (Å²) in [7, 11) is 1.82. The van der Waals surface area contributed by atoms with Crippen molar-refractivity contribution in [2.24, 2.45) is 13.0 Å². The van der Waals surface area contributed by atoms with Gasteiger partial charge in [0, 0.05) is 31.5 Å². The first-order valence-corrected chi connectivity index (χ1v) is 5.64. The van der Waals surface area contributed by atoms with Crippen LogP contribution in [0.2, 0.25) is 0 Å². The summed E-state index contributed by atoms with van der Waals surface area (Å²) in [5.41, 5.74) is 1.55. The van der Waals surface area contributed by atoms with Gasteiger partial charge in [0.2, 0.25) is 0 Å². The van der Waals surface area contributed by atoms with Crippen molar-refractivity contribution < 1.29 is 9.59 Å². The Balaban J connectivity index is 2.18. The van der Waals surface area contributed by atoms with Crippen LogP contribution in [0.25, 0.3) is 0 Å². The number of nitrogens with zero attached hydrogens (tertiary/aromatic N) is 2. The first-order chi connectivity index (χ1) is 7.59. The van der Waals surface area contributed by atoms with E-state index < -0.39 is 0 Å². The Hall–Kier alpha value is -1.45. The minimum atomic E-state index is -0.121. The molecule has 4 heteroatoms. The SMILES string of the molecule is Cc1c(C(=O)C2CCCC(=O)C2)cnn1C. The Morgan fingerprint density at radius 3 is 2.88 bits per heavy atom. The minimum absolute atomic E-state index is 0.0821. The highest BCUT2D eigenvalue weighted by Gasteiger charge is 2.28. The fraction of sp³-hybridized carbons (Fsp3) is 0.583. The molecule has 1 heterocycles. The fourth-order valence-electron chi connectivity index (χ4n) is 2.21. The summed E-state index contributed by atoms with van der Waals surface area (Å²) in [4.78, 5) is 23.5. The number of hydrogen-bond acceptors (Lipinski definition) is 3. The molecule has 1 aliphatic carbocycles. The van der Waals surface area contributed by atoms with Crippen LogP contribution >= 0.6 is 0 Å². The molecule has 0 spiro atoms. The molecule has 16 heavy (non-hydrogen) atoms. The third-order valence-corrected chi connectivity index (χ3v) is 3.35. The van der Waals surface area contributed by atoms with Gasteiger partial charge in [-0.05, 0) is 19.8 Å². The molecule has 1 unspecified atom stereocenters. The Kier molecular flexibility index (Phi) is 2.90. The van der Waals surface area contributed by atoms with Gasteiger partial charge in [-0.15, -0.1) is 0 Å². The van der Waals surface area contributed by atoms with Crippen molar-refractivity contribution in [2.45, 2.75) is 32.6 Å². The molecule has 1 aromatic rings. The second-order valence-corrected chi connectivity index (χ2v) is 4.46. The summed E-state index contributed by atoms with van der Waals surface area (Å²) < 4.78 is 1.69. The average molecular weight is 220 g/mol. The molecule has 2 rings (SSSR count). The second kappa shape index (κ2) is 4.20. The van der Waals surface area contributed by atoms with Gasteiger partial charge in [0.1, 0.15) is 5.78 Å². The van der Waals surface area contributed by atoms with E-state index in [0.717, 1.165) is 18.5 Å². The summed E-state index contributed by atoms with van der Waals surface area (Å²) >= 11 is 0. The van der Waals surface area contributed by atoms with Crippen LogP contribution in [0.1, 0.15) is 41.7 Å². The molecule has 0 aliphatic heterocycles. The van der Waals surface area contributed by atoms with E-state index in [0.29, 0.717) is 18.4 Å². The number of hydrogen-bond donors (Lipinski definition) is 0. The van der Waals surface area contributed by atoms with Crippen LogP contribution in [-0.4, -0.2) is 21.3 Å². The van der Waals surface area contributed by atoms with Gasteiger partial charge in [0.15, 0.2) is 5.78 Å².